The van der Waals surface area contributed by atoms with Crippen molar-refractivity contribution in [1.82, 2.24) is 14.3 Å². The van der Waals surface area contributed by atoms with E-state index in [1.165, 1.54) is 0 Å². The van der Waals surface area contributed by atoms with E-state index < -0.39 is 0 Å². The summed E-state index contributed by atoms with van der Waals surface area (Å²) in [5.41, 5.74) is 3.43. The number of anilines is 1. The largest absolute Gasteiger partial charge is 0.508 e. The van der Waals surface area contributed by atoms with E-state index in [0.717, 1.165) is 16.9 Å². The van der Waals surface area contributed by atoms with Gasteiger partial charge in [-0.25, -0.2) is 4.98 Å². The normalized spacial score (nSPS) is 11.2. The van der Waals surface area contributed by atoms with Crippen molar-refractivity contribution in [3.63, 3.8) is 0 Å². The number of carbonyl (C=O) groups excluding carboxylic acids is 1. The molecule has 6 heteroatoms. The summed E-state index contributed by atoms with van der Waals surface area (Å²) in [6.07, 6.45) is 1.91. The number of hydrogen-bond acceptors (Lipinski definition) is 4. The van der Waals surface area contributed by atoms with Crippen molar-refractivity contribution >= 4 is 17.2 Å². The molecule has 124 valence electrons. The first-order valence-corrected chi connectivity index (χ1v) is 7.67. The lowest BCUT2D eigenvalue weighted by atomic mass is 10.2. The zero-order valence-electron chi connectivity index (χ0n) is 13.9. The van der Waals surface area contributed by atoms with E-state index >= 15 is 0 Å². The zero-order valence-corrected chi connectivity index (χ0v) is 13.9. The Bertz CT molecular complexity index is 899. The number of aryl methyl sites for hydroxylation is 1. The van der Waals surface area contributed by atoms with Crippen LogP contribution in [0.5, 0.6) is 5.75 Å². The molecule has 0 spiro atoms. The summed E-state index contributed by atoms with van der Waals surface area (Å²) in [4.78, 5) is 19.2. The van der Waals surface area contributed by atoms with Crippen LogP contribution in [0.1, 0.15) is 21.7 Å². The molecule has 6 nitrogen and oxygen atoms in total. The second kappa shape index (κ2) is 6.33. The molecule has 24 heavy (non-hydrogen) atoms. The Balaban J connectivity index is 1.99. The summed E-state index contributed by atoms with van der Waals surface area (Å²) < 4.78 is 1.93. The van der Waals surface area contributed by atoms with Gasteiger partial charge in [0.25, 0.3) is 5.91 Å². The van der Waals surface area contributed by atoms with Crippen LogP contribution in [-0.2, 0) is 6.54 Å². The summed E-state index contributed by atoms with van der Waals surface area (Å²) in [6, 6.07) is 10.5. The summed E-state index contributed by atoms with van der Waals surface area (Å²) in [5, 5.41) is 12.4. The number of benzene rings is 1. The van der Waals surface area contributed by atoms with Crippen LogP contribution in [0.4, 0.5) is 5.69 Å². The van der Waals surface area contributed by atoms with E-state index in [-0.39, 0.29) is 11.7 Å². The van der Waals surface area contributed by atoms with Crippen LogP contribution in [0.3, 0.4) is 0 Å². The minimum atomic E-state index is -0.260. The molecule has 0 aliphatic carbocycles. The van der Waals surface area contributed by atoms with Crippen molar-refractivity contribution < 1.29 is 9.90 Å². The molecule has 0 unspecified atom stereocenters. The fourth-order valence-corrected chi connectivity index (χ4v) is 2.65. The lowest BCUT2D eigenvalue weighted by Crippen LogP contribution is -2.19. The third-order valence-electron chi connectivity index (χ3n) is 3.77. The monoisotopic (exact) mass is 324 g/mol. The van der Waals surface area contributed by atoms with Gasteiger partial charge in [-0.15, -0.1) is 0 Å². The van der Waals surface area contributed by atoms with Crippen LogP contribution in [0.2, 0.25) is 0 Å². The van der Waals surface area contributed by atoms with E-state index in [9.17, 15) is 9.90 Å². The molecule has 2 heterocycles. The summed E-state index contributed by atoms with van der Waals surface area (Å²) in [6.45, 7) is 2.43. The highest BCUT2D eigenvalue weighted by molar-refractivity contribution is 6.04. The highest BCUT2D eigenvalue weighted by Gasteiger charge is 2.19. The van der Waals surface area contributed by atoms with Crippen LogP contribution >= 0.6 is 0 Å². The number of aromatic hydroxyl groups is 1. The first-order valence-electron chi connectivity index (χ1n) is 7.67. The Morgan fingerprint density at radius 2 is 2.08 bits per heavy atom. The van der Waals surface area contributed by atoms with Crippen molar-refractivity contribution in [3.8, 4) is 5.75 Å². The molecular weight excluding hydrogens is 304 g/mol. The minimum Gasteiger partial charge on any atom is -0.508 e. The molecule has 0 aliphatic rings. The fourth-order valence-electron chi connectivity index (χ4n) is 2.65. The van der Waals surface area contributed by atoms with Crippen molar-refractivity contribution in [2.75, 3.05) is 19.4 Å². The number of amides is 1. The highest BCUT2D eigenvalue weighted by atomic mass is 16.3. The van der Waals surface area contributed by atoms with E-state index in [0.29, 0.717) is 17.9 Å². The van der Waals surface area contributed by atoms with Gasteiger partial charge in [0.2, 0.25) is 0 Å². The molecule has 0 saturated carbocycles. The Morgan fingerprint density at radius 1 is 1.29 bits per heavy atom. The number of carbonyl (C=O) groups is 1. The van der Waals surface area contributed by atoms with Crippen LogP contribution in [-0.4, -0.2) is 39.4 Å². The first kappa shape index (κ1) is 16.0. The molecule has 1 amide bonds. The molecule has 2 N–H and O–H groups in total. The minimum absolute atomic E-state index is 0.173. The predicted octanol–water partition coefficient (Wildman–Crippen LogP) is 2.66. The maximum absolute atomic E-state index is 12.8. The second-order valence-electron chi connectivity index (χ2n) is 6.03. The number of rotatable bonds is 4. The molecule has 2 aromatic heterocycles. The average molecular weight is 324 g/mol. The zero-order chi connectivity index (χ0) is 17.3. The predicted molar refractivity (Wildman–Crippen MR) is 93.4 cm³/mol. The Hall–Kier alpha value is -2.86. The van der Waals surface area contributed by atoms with Crippen molar-refractivity contribution in [3.05, 3.63) is 59.5 Å². The summed E-state index contributed by atoms with van der Waals surface area (Å²) >= 11 is 0. The summed E-state index contributed by atoms with van der Waals surface area (Å²) in [7, 11) is 3.91. The third kappa shape index (κ3) is 3.09. The van der Waals surface area contributed by atoms with Gasteiger partial charge in [0.05, 0.1) is 5.69 Å². The number of phenols is 1. The van der Waals surface area contributed by atoms with E-state index in [1.54, 1.807) is 18.2 Å². The second-order valence-corrected chi connectivity index (χ2v) is 6.03. The number of nitrogens with one attached hydrogen (secondary N) is 1. The van der Waals surface area contributed by atoms with Crippen LogP contribution in [0, 0.1) is 6.92 Å². The third-order valence-corrected chi connectivity index (χ3v) is 3.77. The van der Waals surface area contributed by atoms with Gasteiger partial charge in [-0.3, -0.25) is 4.79 Å². The molecule has 0 aliphatic heterocycles. The number of pyridine rings is 1. The van der Waals surface area contributed by atoms with Crippen LogP contribution < -0.4 is 5.32 Å². The molecule has 1 aromatic carbocycles. The number of fused-ring (bicyclic) bond motifs is 1. The molecular formula is C18H20N4O2. The average Bonchev–Trinajstić information content (AvgIpc) is 2.88. The molecule has 0 atom stereocenters. The maximum Gasteiger partial charge on any atom is 0.276 e. The number of hydrogen-bond donors (Lipinski definition) is 2. The topological polar surface area (TPSA) is 69.9 Å². The van der Waals surface area contributed by atoms with Gasteiger partial charge in [-0.05, 0) is 56.9 Å². The van der Waals surface area contributed by atoms with Crippen LogP contribution in [0.15, 0.2) is 42.6 Å². The Morgan fingerprint density at radius 3 is 2.79 bits per heavy atom. The smallest absolute Gasteiger partial charge is 0.276 e. The lowest BCUT2D eigenvalue weighted by Gasteiger charge is -2.12. The number of nitrogens with zero attached hydrogens (tertiary/aromatic N) is 3. The molecule has 0 bridgehead atoms. The quantitative estimate of drug-likeness (QED) is 0.724. The molecule has 0 saturated heterocycles. The van der Waals surface area contributed by atoms with Gasteiger partial charge >= 0.3 is 0 Å². The van der Waals surface area contributed by atoms with Gasteiger partial charge in [0.1, 0.15) is 11.4 Å². The fraction of sp³-hybridized carbons (Fsp3) is 0.222. The van der Waals surface area contributed by atoms with Gasteiger partial charge in [-0.2, -0.15) is 0 Å². The molecule has 0 fully saturated rings. The molecule has 3 rings (SSSR count). The number of phenolic OH excluding ortho intramolecular Hbond substituents is 1. The van der Waals surface area contributed by atoms with E-state index in [2.05, 4.69) is 10.3 Å². The van der Waals surface area contributed by atoms with E-state index in [1.807, 2.05) is 54.7 Å². The van der Waals surface area contributed by atoms with Gasteiger partial charge in [0.15, 0.2) is 5.69 Å². The highest BCUT2D eigenvalue weighted by Crippen LogP contribution is 2.22. The molecule has 0 radical (unpaired) electrons. The van der Waals surface area contributed by atoms with Gasteiger partial charge in [-0.1, -0.05) is 6.07 Å². The number of aromatic nitrogens is 2. The summed E-state index contributed by atoms with van der Waals surface area (Å²) in [5.74, 6) is -0.0872. The van der Waals surface area contributed by atoms with Crippen molar-refractivity contribution in [2.24, 2.45) is 0 Å². The molecule has 3 aromatic rings. The van der Waals surface area contributed by atoms with Crippen molar-refractivity contribution in [1.29, 1.82) is 0 Å². The maximum atomic E-state index is 12.8. The van der Waals surface area contributed by atoms with Crippen molar-refractivity contribution in [2.45, 2.75) is 13.5 Å². The SMILES string of the molecule is Cc1cc(O)ccc1NC(=O)c1nc2ccccn2c1CN(C)C. The lowest BCUT2D eigenvalue weighted by molar-refractivity contribution is 0.102. The Kier molecular flexibility index (Phi) is 4.22. The van der Waals surface area contributed by atoms with Crippen LogP contribution in [0.25, 0.3) is 5.65 Å². The van der Waals surface area contributed by atoms with Gasteiger partial charge in [0, 0.05) is 18.4 Å². The van der Waals surface area contributed by atoms with E-state index in [4.69, 9.17) is 0 Å². The number of imidazole rings is 1. The first-order chi connectivity index (χ1) is 11.5. The standard InChI is InChI=1S/C18H20N4O2/c1-12-10-13(23)7-8-14(12)19-18(24)17-15(11-21(2)3)22-9-5-4-6-16(22)20-17/h4-10,23H,11H2,1-3H3,(H,19,24). The Labute approximate surface area is 140 Å². The van der Waals surface area contributed by atoms with Gasteiger partial charge < -0.3 is 19.7 Å².